The third kappa shape index (κ3) is 3.60. The fourth-order valence-corrected chi connectivity index (χ4v) is 2.52. The Morgan fingerprint density at radius 3 is 2.65 bits per heavy atom. The highest BCUT2D eigenvalue weighted by atomic mass is 19.2. The van der Waals surface area contributed by atoms with Crippen LogP contribution in [-0.2, 0) is 11.3 Å². The summed E-state index contributed by atoms with van der Waals surface area (Å²) in [6.45, 7) is 2.22. The zero-order valence-electron chi connectivity index (χ0n) is 14.2. The lowest BCUT2D eigenvalue weighted by molar-refractivity contribution is -0.120. The van der Waals surface area contributed by atoms with Gasteiger partial charge < -0.3 is 14.8 Å². The highest BCUT2D eigenvalue weighted by Gasteiger charge is 2.22. The van der Waals surface area contributed by atoms with Crippen LogP contribution in [0, 0.1) is 17.5 Å². The predicted molar refractivity (Wildman–Crippen MR) is 88.4 cm³/mol. The second kappa shape index (κ2) is 7.25. The summed E-state index contributed by atoms with van der Waals surface area (Å²) >= 11 is 0. The molecular weight excluding hydrogens is 349 g/mol. The number of hydrogen-bond donors (Lipinski definition) is 1. The van der Waals surface area contributed by atoms with Gasteiger partial charge in [-0.1, -0.05) is 6.07 Å². The maximum Gasteiger partial charge on any atom is 0.241 e. The molecule has 0 spiro atoms. The summed E-state index contributed by atoms with van der Waals surface area (Å²) in [5, 5.41) is 2.28. The van der Waals surface area contributed by atoms with E-state index in [1.165, 1.54) is 0 Å². The van der Waals surface area contributed by atoms with Gasteiger partial charge in [0, 0.05) is 6.54 Å². The van der Waals surface area contributed by atoms with Gasteiger partial charge in [0.15, 0.2) is 29.0 Å². The number of likely N-dealkylation sites (N-methyl/N-ethyl adjacent to an activating group) is 1. The van der Waals surface area contributed by atoms with Gasteiger partial charge in [0.1, 0.15) is 0 Å². The molecule has 0 saturated carbocycles. The quantitative estimate of drug-likeness (QED) is 0.825. The van der Waals surface area contributed by atoms with Gasteiger partial charge in [-0.05, 0) is 43.8 Å². The van der Waals surface area contributed by atoms with Crippen molar-refractivity contribution in [3.05, 3.63) is 53.3 Å². The molecule has 1 amide bonds. The van der Waals surface area contributed by atoms with E-state index in [0.29, 0.717) is 18.0 Å². The normalized spacial score (nSPS) is 13.8. The van der Waals surface area contributed by atoms with Crippen LogP contribution in [0.15, 0.2) is 30.3 Å². The van der Waals surface area contributed by atoms with Crippen molar-refractivity contribution in [3.8, 4) is 11.5 Å². The van der Waals surface area contributed by atoms with Crippen molar-refractivity contribution in [1.29, 1.82) is 0 Å². The second-order valence-electron chi connectivity index (χ2n) is 5.99. The molecule has 1 N–H and O–H groups in total. The molecule has 0 bridgehead atoms. The SMILES string of the molecule is C[C@@H](C(=O)Nc1ccc(F)c(F)c1F)N(C)Cc1ccc2c(c1)OCO2. The lowest BCUT2D eigenvalue weighted by Gasteiger charge is -2.24. The Morgan fingerprint density at radius 2 is 1.88 bits per heavy atom. The average molecular weight is 366 g/mol. The minimum absolute atomic E-state index is 0.174. The summed E-state index contributed by atoms with van der Waals surface area (Å²) in [5.41, 5.74) is 0.493. The standard InChI is InChI=1S/C18H17F3N2O3/c1-10(18(24)22-13-5-4-12(19)16(20)17(13)21)23(2)8-11-3-6-14-15(7-11)26-9-25-14/h3-7,10H,8-9H2,1-2H3,(H,22,24)/t10-/m0/s1. The van der Waals surface area contributed by atoms with Crippen LogP contribution in [0.2, 0.25) is 0 Å². The molecule has 1 aliphatic rings. The fourth-order valence-electron chi connectivity index (χ4n) is 2.52. The predicted octanol–water partition coefficient (Wildman–Crippen LogP) is 3.29. The summed E-state index contributed by atoms with van der Waals surface area (Å²) in [4.78, 5) is 14.0. The molecule has 1 aliphatic heterocycles. The van der Waals surface area contributed by atoms with Crippen molar-refractivity contribution in [2.75, 3.05) is 19.2 Å². The van der Waals surface area contributed by atoms with Gasteiger partial charge in [0.25, 0.3) is 0 Å². The molecule has 0 fully saturated rings. The van der Waals surface area contributed by atoms with Crippen LogP contribution in [0.5, 0.6) is 11.5 Å². The highest BCUT2D eigenvalue weighted by Crippen LogP contribution is 2.32. The fraction of sp³-hybridized carbons (Fsp3) is 0.278. The Bertz CT molecular complexity index is 845. The Hall–Kier alpha value is -2.74. The number of ether oxygens (including phenoxy) is 2. The molecule has 2 aromatic rings. The van der Waals surface area contributed by atoms with Crippen LogP contribution < -0.4 is 14.8 Å². The molecule has 0 saturated heterocycles. The number of nitrogens with zero attached hydrogens (tertiary/aromatic N) is 1. The van der Waals surface area contributed by atoms with E-state index in [4.69, 9.17) is 9.47 Å². The molecule has 3 rings (SSSR count). The summed E-state index contributed by atoms with van der Waals surface area (Å²) in [7, 11) is 1.72. The molecule has 1 atom stereocenters. The Balaban J connectivity index is 1.65. The van der Waals surface area contributed by atoms with E-state index >= 15 is 0 Å². The van der Waals surface area contributed by atoms with Crippen LogP contribution in [-0.4, -0.2) is 30.7 Å². The van der Waals surface area contributed by atoms with Gasteiger partial charge in [-0.15, -0.1) is 0 Å². The van der Waals surface area contributed by atoms with E-state index in [0.717, 1.165) is 17.7 Å². The van der Waals surface area contributed by atoms with Crippen LogP contribution in [0.4, 0.5) is 18.9 Å². The maximum absolute atomic E-state index is 13.7. The van der Waals surface area contributed by atoms with Crippen LogP contribution in [0.3, 0.4) is 0 Å². The van der Waals surface area contributed by atoms with Crippen molar-refractivity contribution in [2.24, 2.45) is 0 Å². The molecule has 26 heavy (non-hydrogen) atoms. The van der Waals surface area contributed by atoms with Crippen molar-refractivity contribution < 1.29 is 27.4 Å². The molecule has 0 aliphatic carbocycles. The summed E-state index contributed by atoms with van der Waals surface area (Å²) in [5.74, 6) is -3.60. The number of carbonyl (C=O) groups excluding carboxylic acids is 1. The van der Waals surface area contributed by atoms with Crippen LogP contribution >= 0.6 is 0 Å². The van der Waals surface area contributed by atoms with Gasteiger partial charge in [0.05, 0.1) is 11.7 Å². The Morgan fingerprint density at radius 1 is 1.15 bits per heavy atom. The monoisotopic (exact) mass is 366 g/mol. The van der Waals surface area contributed by atoms with Crippen LogP contribution in [0.25, 0.3) is 0 Å². The van der Waals surface area contributed by atoms with Crippen LogP contribution in [0.1, 0.15) is 12.5 Å². The number of amides is 1. The van der Waals surface area contributed by atoms with Gasteiger partial charge >= 0.3 is 0 Å². The van der Waals surface area contributed by atoms with Gasteiger partial charge in [0.2, 0.25) is 12.7 Å². The summed E-state index contributed by atoms with van der Waals surface area (Å²) in [6, 6.07) is 6.55. The molecule has 138 valence electrons. The largest absolute Gasteiger partial charge is 0.454 e. The minimum atomic E-state index is -1.62. The molecule has 1 heterocycles. The van der Waals surface area contributed by atoms with E-state index in [1.54, 1.807) is 24.9 Å². The number of benzene rings is 2. The van der Waals surface area contributed by atoms with E-state index in [2.05, 4.69) is 5.32 Å². The van der Waals surface area contributed by atoms with Gasteiger partial charge in [-0.2, -0.15) is 0 Å². The van der Waals surface area contributed by atoms with Crippen molar-refractivity contribution in [3.63, 3.8) is 0 Å². The second-order valence-corrected chi connectivity index (χ2v) is 5.99. The van der Waals surface area contributed by atoms with E-state index < -0.39 is 35.1 Å². The number of nitrogens with one attached hydrogen (secondary N) is 1. The summed E-state index contributed by atoms with van der Waals surface area (Å²) < 4.78 is 50.5. The zero-order valence-corrected chi connectivity index (χ0v) is 14.2. The molecule has 0 aromatic heterocycles. The number of fused-ring (bicyclic) bond motifs is 1. The maximum atomic E-state index is 13.7. The molecule has 0 unspecified atom stereocenters. The molecule has 2 aromatic carbocycles. The number of hydrogen-bond acceptors (Lipinski definition) is 4. The first kappa shape index (κ1) is 18.1. The number of halogens is 3. The number of carbonyl (C=O) groups is 1. The zero-order chi connectivity index (χ0) is 18.8. The first-order chi connectivity index (χ1) is 12.4. The lowest BCUT2D eigenvalue weighted by Crippen LogP contribution is -2.39. The first-order valence-electron chi connectivity index (χ1n) is 7.90. The van der Waals surface area contributed by atoms with E-state index in [9.17, 15) is 18.0 Å². The van der Waals surface area contributed by atoms with E-state index in [1.807, 2.05) is 12.1 Å². The third-order valence-electron chi connectivity index (χ3n) is 4.20. The minimum Gasteiger partial charge on any atom is -0.454 e. The molecule has 8 heteroatoms. The smallest absolute Gasteiger partial charge is 0.241 e. The third-order valence-corrected chi connectivity index (χ3v) is 4.20. The molecule has 5 nitrogen and oxygen atoms in total. The average Bonchev–Trinajstić information content (AvgIpc) is 3.09. The first-order valence-corrected chi connectivity index (χ1v) is 7.90. The van der Waals surface area contributed by atoms with E-state index in [-0.39, 0.29) is 6.79 Å². The lowest BCUT2D eigenvalue weighted by atomic mass is 10.1. The van der Waals surface area contributed by atoms with Gasteiger partial charge in [-0.25, -0.2) is 13.2 Å². The summed E-state index contributed by atoms with van der Waals surface area (Å²) in [6.07, 6.45) is 0. The molecular formula is C18H17F3N2O3. The topological polar surface area (TPSA) is 50.8 Å². The van der Waals surface area contributed by atoms with Gasteiger partial charge in [-0.3, -0.25) is 9.69 Å². The Labute approximate surface area is 148 Å². The highest BCUT2D eigenvalue weighted by molar-refractivity contribution is 5.94. The number of anilines is 1. The van der Waals surface area contributed by atoms with Crippen molar-refractivity contribution >= 4 is 11.6 Å². The number of rotatable bonds is 5. The Kier molecular flexibility index (Phi) is 5.03. The molecule has 0 radical (unpaired) electrons. The van der Waals surface area contributed by atoms with Crippen molar-refractivity contribution in [2.45, 2.75) is 19.5 Å². The van der Waals surface area contributed by atoms with Crippen molar-refractivity contribution in [1.82, 2.24) is 4.90 Å².